The van der Waals surface area contributed by atoms with Crippen LogP contribution in [0.25, 0.3) is 0 Å². The van der Waals surface area contributed by atoms with Crippen molar-refractivity contribution in [3.63, 3.8) is 0 Å². The Morgan fingerprint density at radius 2 is 2.22 bits per heavy atom. The lowest BCUT2D eigenvalue weighted by atomic mass is 9.89. The predicted octanol–water partition coefficient (Wildman–Crippen LogP) is 1.68. The molecule has 2 saturated heterocycles. The first-order chi connectivity index (χ1) is 8.79. The monoisotopic (exact) mass is 265 g/mol. The van der Waals surface area contributed by atoms with E-state index >= 15 is 0 Å². The first-order valence-corrected chi connectivity index (χ1v) is 7.57. The third-order valence-electron chi connectivity index (χ3n) is 3.99. The van der Waals surface area contributed by atoms with Crippen molar-refractivity contribution in [2.75, 3.05) is 0 Å². The van der Waals surface area contributed by atoms with Gasteiger partial charge in [-0.15, -0.1) is 11.3 Å². The number of fused-ring (bicyclic) bond motifs is 2. The zero-order chi connectivity index (χ0) is 12.4. The molecule has 3 rings (SSSR count). The summed E-state index contributed by atoms with van der Waals surface area (Å²) in [5.74, 6) is 0.764. The molecule has 1 aromatic rings. The van der Waals surface area contributed by atoms with Gasteiger partial charge in [0, 0.05) is 29.6 Å². The van der Waals surface area contributed by atoms with Gasteiger partial charge in [-0.2, -0.15) is 0 Å². The molecular formula is C13H19N3OS. The van der Waals surface area contributed by atoms with Gasteiger partial charge in [-0.05, 0) is 31.6 Å². The Morgan fingerprint density at radius 1 is 1.44 bits per heavy atom. The Labute approximate surface area is 111 Å². The minimum atomic E-state index is 0.190. The largest absolute Gasteiger partial charge is 0.351 e. The highest BCUT2D eigenvalue weighted by Gasteiger charge is 2.34. The van der Waals surface area contributed by atoms with Gasteiger partial charge in [0.05, 0.1) is 12.1 Å². The average molecular weight is 265 g/mol. The molecule has 2 atom stereocenters. The maximum absolute atomic E-state index is 11.9. The molecule has 2 fully saturated rings. The molecule has 2 aliphatic rings. The Morgan fingerprint density at radius 3 is 2.89 bits per heavy atom. The van der Waals surface area contributed by atoms with Crippen LogP contribution in [0.5, 0.6) is 0 Å². The van der Waals surface area contributed by atoms with E-state index in [4.69, 9.17) is 0 Å². The molecule has 1 amide bonds. The Bertz CT molecular complexity index is 394. The number of nitrogens with zero attached hydrogens (tertiary/aromatic N) is 1. The summed E-state index contributed by atoms with van der Waals surface area (Å²) in [4.78, 5) is 17.0. The Hall–Kier alpha value is -0.940. The number of aromatic nitrogens is 1. The number of hydrogen-bond donors (Lipinski definition) is 2. The molecule has 2 unspecified atom stereocenters. The van der Waals surface area contributed by atoms with Gasteiger partial charge in [-0.25, -0.2) is 0 Å². The van der Waals surface area contributed by atoms with Gasteiger partial charge in [-0.3, -0.25) is 9.78 Å². The number of carbonyl (C=O) groups is 1. The molecule has 0 radical (unpaired) electrons. The maximum Gasteiger partial charge on any atom is 0.220 e. The van der Waals surface area contributed by atoms with E-state index in [0.29, 0.717) is 31.0 Å². The second-order valence-corrected chi connectivity index (χ2v) is 6.39. The Balaban J connectivity index is 1.43. The molecule has 98 valence electrons. The fraction of sp³-hybridized carbons (Fsp3) is 0.692. The first-order valence-electron chi connectivity index (χ1n) is 6.69. The van der Waals surface area contributed by atoms with Crippen LogP contribution in [0.15, 0.2) is 11.7 Å². The number of thiazole rings is 1. The summed E-state index contributed by atoms with van der Waals surface area (Å²) < 4.78 is 0. The van der Waals surface area contributed by atoms with E-state index in [1.165, 1.54) is 25.7 Å². The highest BCUT2D eigenvalue weighted by molar-refractivity contribution is 7.09. The minimum absolute atomic E-state index is 0.190. The number of nitrogens with one attached hydrogen (secondary N) is 2. The molecule has 3 heterocycles. The van der Waals surface area contributed by atoms with E-state index < -0.39 is 0 Å². The van der Waals surface area contributed by atoms with Crippen LogP contribution in [0.4, 0.5) is 0 Å². The van der Waals surface area contributed by atoms with Crippen molar-refractivity contribution >= 4 is 17.2 Å². The van der Waals surface area contributed by atoms with E-state index in [1.54, 1.807) is 16.8 Å². The van der Waals surface area contributed by atoms with Crippen molar-refractivity contribution in [1.82, 2.24) is 15.6 Å². The van der Waals surface area contributed by atoms with Crippen LogP contribution >= 0.6 is 11.3 Å². The maximum atomic E-state index is 11.9. The van der Waals surface area contributed by atoms with Crippen LogP contribution in [0.2, 0.25) is 0 Å². The molecule has 4 nitrogen and oxygen atoms in total. The third kappa shape index (κ3) is 2.90. The zero-order valence-electron chi connectivity index (χ0n) is 10.4. The summed E-state index contributed by atoms with van der Waals surface area (Å²) in [6.07, 6.45) is 7.44. The lowest BCUT2D eigenvalue weighted by Crippen LogP contribution is -2.39. The SMILES string of the molecule is O=C(CC1CC2CCC(C1)N2)NCc1cncs1. The molecule has 2 bridgehead atoms. The van der Waals surface area contributed by atoms with Crippen LogP contribution in [0.3, 0.4) is 0 Å². The smallest absolute Gasteiger partial charge is 0.220 e. The van der Waals surface area contributed by atoms with Gasteiger partial charge in [0.2, 0.25) is 5.91 Å². The van der Waals surface area contributed by atoms with Gasteiger partial charge in [0.1, 0.15) is 0 Å². The van der Waals surface area contributed by atoms with Gasteiger partial charge < -0.3 is 10.6 Å². The molecule has 5 heteroatoms. The summed E-state index contributed by atoms with van der Waals surface area (Å²) in [6.45, 7) is 0.626. The number of hydrogen-bond acceptors (Lipinski definition) is 4. The molecule has 0 saturated carbocycles. The van der Waals surface area contributed by atoms with Crippen molar-refractivity contribution in [1.29, 1.82) is 0 Å². The molecule has 0 aromatic carbocycles. The molecule has 18 heavy (non-hydrogen) atoms. The normalized spacial score (nSPS) is 30.3. The van der Waals surface area contributed by atoms with Crippen LogP contribution in [0.1, 0.15) is 37.0 Å². The van der Waals surface area contributed by atoms with E-state index in [1.807, 2.05) is 6.20 Å². The van der Waals surface area contributed by atoms with Crippen molar-refractivity contribution in [3.8, 4) is 0 Å². The quantitative estimate of drug-likeness (QED) is 0.871. The van der Waals surface area contributed by atoms with Crippen LogP contribution < -0.4 is 10.6 Å². The lowest BCUT2D eigenvalue weighted by molar-refractivity contribution is -0.122. The third-order valence-corrected chi connectivity index (χ3v) is 4.77. The topological polar surface area (TPSA) is 54.0 Å². The minimum Gasteiger partial charge on any atom is -0.351 e. The molecule has 2 N–H and O–H groups in total. The first kappa shape index (κ1) is 12.1. The molecule has 0 spiro atoms. The van der Waals surface area contributed by atoms with E-state index in [0.717, 1.165) is 4.88 Å². The highest BCUT2D eigenvalue weighted by Crippen LogP contribution is 2.32. The molecule has 1 aromatic heterocycles. The van der Waals surface area contributed by atoms with E-state index in [2.05, 4.69) is 15.6 Å². The summed E-state index contributed by atoms with van der Waals surface area (Å²) in [5, 5.41) is 6.60. The number of piperidine rings is 1. The lowest BCUT2D eigenvalue weighted by Gasteiger charge is -2.28. The second kappa shape index (κ2) is 5.36. The van der Waals surface area contributed by atoms with E-state index in [9.17, 15) is 4.79 Å². The Kier molecular flexibility index (Phi) is 3.61. The highest BCUT2D eigenvalue weighted by atomic mass is 32.1. The van der Waals surface area contributed by atoms with Crippen molar-refractivity contribution in [2.24, 2.45) is 5.92 Å². The standard InChI is InChI=1S/C13H19N3OS/c17-13(15-7-12-6-14-8-18-12)5-9-3-10-1-2-11(4-9)16-10/h6,8-11,16H,1-5,7H2,(H,15,17). The van der Waals surface area contributed by atoms with Crippen molar-refractivity contribution in [2.45, 2.75) is 50.7 Å². The molecule has 0 aliphatic carbocycles. The van der Waals surface area contributed by atoms with Crippen LogP contribution in [-0.4, -0.2) is 23.0 Å². The summed E-state index contributed by atoms with van der Waals surface area (Å²) in [6, 6.07) is 1.34. The predicted molar refractivity (Wildman–Crippen MR) is 71.2 cm³/mol. The summed E-state index contributed by atoms with van der Waals surface area (Å²) in [7, 11) is 0. The zero-order valence-corrected chi connectivity index (χ0v) is 11.2. The fourth-order valence-electron chi connectivity index (χ4n) is 3.19. The van der Waals surface area contributed by atoms with E-state index in [-0.39, 0.29) is 5.91 Å². The molecule has 2 aliphatic heterocycles. The average Bonchev–Trinajstić information content (AvgIpc) is 2.97. The van der Waals surface area contributed by atoms with Crippen LogP contribution in [0, 0.1) is 5.92 Å². The van der Waals surface area contributed by atoms with Crippen LogP contribution in [-0.2, 0) is 11.3 Å². The number of carbonyl (C=O) groups excluding carboxylic acids is 1. The molecular weight excluding hydrogens is 246 g/mol. The van der Waals surface area contributed by atoms with Gasteiger partial charge in [-0.1, -0.05) is 0 Å². The number of amides is 1. The summed E-state index contributed by atoms with van der Waals surface area (Å²) >= 11 is 1.59. The van der Waals surface area contributed by atoms with Crippen molar-refractivity contribution < 1.29 is 4.79 Å². The van der Waals surface area contributed by atoms with Gasteiger partial charge in [0.15, 0.2) is 0 Å². The van der Waals surface area contributed by atoms with Crippen molar-refractivity contribution in [3.05, 3.63) is 16.6 Å². The van der Waals surface area contributed by atoms with Gasteiger partial charge >= 0.3 is 0 Å². The summed E-state index contributed by atoms with van der Waals surface area (Å²) in [5.41, 5.74) is 1.80. The fourth-order valence-corrected chi connectivity index (χ4v) is 3.73. The van der Waals surface area contributed by atoms with Gasteiger partial charge in [0.25, 0.3) is 0 Å². The number of rotatable bonds is 4. The second-order valence-electron chi connectivity index (χ2n) is 5.42.